The van der Waals surface area contributed by atoms with E-state index in [1.54, 1.807) is 0 Å². The lowest BCUT2D eigenvalue weighted by Crippen LogP contribution is -2.47. The van der Waals surface area contributed by atoms with Gasteiger partial charge in [-0.05, 0) is 26.7 Å². The number of hydrogen-bond donors (Lipinski definition) is 1. The van der Waals surface area contributed by atoms with E-state index in [9.17, 15) is 0 Å². The van der Waals surface area contributed by atoms with Gasteiger partial charge >= 0.3 is 0 Å². The Morgan fingerprint density at radius 1 is 1.09 bits per heavy atom. The minimum atomic E-state index is 0.729. The summed E-state index contributed by atoms with van der Waals surface area (Å²) in [6, 6.07) is 2.23. The SMILES string of the molecule is Cc1cnc(C)c(N2CCN(c3cc(C4CC4)[nH]n3)CC2)n1. The maximum atomic E-state index is 4.65. The number of piperazine rings is 1. The first kappa shape index (κ1) is 13.5. The molecule has 0 bridgehead atoms. The van der Waals surface area contributed by atoms with E-state index in [4.69, 9.17) is 0 Å². The van der Waals surface area contributed by atoms with Crippen LogP contribution in [0.15, 0.2) is 12.3 Å². The van der Waals surface area contributed by atoms with Crippen molar-refractivity contribution in [1.29, 1.82) is 0 Å². The van der Waals surface area contributed by atoms with E-state index < -0.39 is 0 Å². The number of aryl methyl sites for hydroxylation is 2. The molecule has 1 aliphatic carbocycles. The Labute approximate surface area is 130 Å². The van der Waals surface area contributed by atoms with Crippen LogP contribution in [-0.2, 0) is 0 Å². The molecule has 1 N–H and O–H groups in total. The number of rotatable bonds is 3. The Morgan fingerprint density at radius 2 is 1.82 bits per heavy atom. The van der Waals surface area contributed by atoms with Crippen LogP contribution in [0.3, 0.4) is 0 Å². The molecule has 0 spiro atoms. The predicted molar refractivity (Wildman–Crippen MR) is 86.5 cm³/mol. The largest absolute Gasteiger partial charge is 0.352 e. The Kier molecular flexibility index (Phi) is 3.24. The third-order valence-electron chi connectivity index (χ3n) is 4.56. The average Bonchev–Trinajstić information content (AvgIpc) is 3.27. The first-order valence-electron chi connectivity index (χ1n) is 8.06. The van der Waals surface area contributed by atoms with Gasteiger partial charge in [-0.3, -0.25) is 10.1 Å². The van der Waals surface area contributed by atoms with E-state index in [-0.39, 0.29) is 0 Å². The molecule has 1 saturated heterocycles. The molecule has 6 nitrogen and oxygen atoms in total. The summed E-state index contributed by atoms with van der Waals surface area (Å²) in [5.74, 6) is 2.85. The van der Waals surface area contributed by atoms with Crippen molar-refractivity contribution in [3.8, 4) is 0 Å². The Hall–Kier alpha value is -2.11. The molecule has 2 aromatic heterocycles. The van der Waals surface area contributed by atoms with Crippen LogP contribution in [0.5, 0.6) is 0 Å². The quantitative estimate of drug-likeness (QED) is 0.939. The summed E-state index contributed by atoms with van der Waals surface area (Å²) in [6.45, 7) is 7.91. The van der Waals surface area contributed by atoms with Crippen LogP contribution < -0.4 is 9.80 Å². The third-order valence-corrected chi connectivity index (χ3v) is 4.56. The molecule has 0 amide bonds. The highest BCUT2D eigenvalue weighted by Gasteiger charge is 2.27. The number of anilines is 2. The Balaban J connectivity index is 1.44. The minimum absolute atomic E-state index is 0.729. The van der Waals surface area contributed by atoms with E-state index in [1.165, 1.54) is 18.5 Å². The molecular weight excluding hydrogens is 276 g/mol. The molecule has 1 aliphatic heterocycles. The highest BCUT2D eigenvalue weighted by Crippen LogP contribution is 2.39. The number of aromatic amines is 1. The molecule has 3 heterocycles. The smallest absolute Gasteiger partial charge is 0.150 e. The van der Waals surface area contributed by atoms with E-state index in [0.29, 0.717) is 0 Å². The van der Waals surface area contributed by atoms with Gasteiger partial charge in [0.2, 0.25) is 0 Å². The van der Waals surface area contributed by atoms with Crippen molar-refractivity contribution in [1.82, 2.24) is 20.2 Å². The summed E-state index contributed by atoms with van der Waals surface area (Å²) in [4.78, 5) is 13.8. The molecule has 1 saturated carbocycles. The lowest BCUT2D eigenvalue weighted by atomic mass is 10.2. The van der Waals surface area contributed by atoms with Crippen molar-refractivity contribution in [2.45, 2.75) is 32.6 Å². The van der Waals surface area contributed by atoms with Crippen LogP contribution in [0.2, 0.25) is 0 Å². The zero-order valence-corrected chi connectivity index (χ0v) is 13.2. The van der Waals surface area contributed by atoms with Crippen LogP contribution in [0.1, 0.15) is 35.8 Å². The van der Waals surface area contributed by atoms with Gasteiger partial charge in [0.25, 0.3) is 0 Å². The lowest BCUT2D eigenvalue weighted by Gasteiger charge is -2.35. The first-order chi connectivity index (χ1) is 10.7. The van der Waals surface area contributed by atoms with E-state index >= 15 is 0 Å². The van der Waals surface area contributed by atoms with Gasteiger partial charge in [-0.25, -0.2) is 4.98 Å². The van der Waals surface area contributed by atoms with E-state index in [1.807, 2.05) is 20.0 Å². The zero-order chi connectivity index (χ0) is 15.1. The number of nitrogens with zero attached hydrogens (tertiary/aromatic N) is 5. The molecule has 4 rings (SSSR count). The monoisotopic (exact) mass is 298 g/mol. The molecule has 6 heteroatoms. The van der Waals surface area contributed by atoms with Crippen molar-refractivity contribution in [3.05, 3.63) is 29.3 Å². The predicted octanol–water partition coefficient (Wildman–Crippen LogP) is 2.02. The highest BCUT2D eigenvalue weighted by atomic mass is 15.3. The van der Waals surface area contributed by atoms with Gasteiger partial charge in [-0.15, -0.1) is 0 Å². The van der Waals surface area contributed by atoms with Gasteiger partial charge in [0, 0.05) is 50.1 Å². The van der Waals surface area contributed by atoms with Gasteiger partial charge in [0.1, 0.15) is 5.82 Å². The normalized spacial score (nSPS) is 18.8. The van der Waals surface area contributed by atoms with E-state index in [2.05, 4.69) is 36.0 Å². The van der Waals surface area contributed by atoms with Crippen molar-refractivity contribution in [2.75, 3.05) is 36.0 Å². The highest BCUT2D eigenvalue weighted by molar-refractivity contribution is 5.48. The molecule has 2 fully saturated rings. The fraction of sp³-hybridized carbons (Fsp3) is 0.562. The van der Waals surface area contributed by atoms with Crippen LogP contribution in [-0.4, -0.2) is 46.3 Å². The summed E-state index contributed by atoms with van der Waals surface area (Å²) < 4.78 is 0. The number of aromatic nitrogens is 4. The third kappa shape index (κ3) is 2.53. The fourth-order valence-electron chi connectivity index (χ4n) is 3.06. The summed E-state index contributed by atoms with van der Waals surface area (Å²) in [7, 11) is 0. The summed E-state index contributed by atoms with van der Waals surface area (Å²) >= 11 is 0. The van der Waals surface area contributed by atoms with Crippen molar-refractivity contribution >= 4 is 11.6 Å². The number of hydrogen-bond acceptors (Lipinski definition) is 5. The molecular formula is C16H22N6. The summed E-state index contributed by atoms with van der Waals surface area (Å²) in [6.07, 6.45) is 4.44. The lowest BCUT2D eigenvalue weighted by molar-refractivity contribution is 0.637. The Morgan fingerprint density at radius 3 is 2.55 bits per heavy atom. The van der Waals surface area contributed by atoms with Crippen molar-refractivity contribution in [2.24, 2.45) is 0 Å². The van der Waals surface area contributed by atoms with Gasteiger partial charge in [0.15, 0.2) is 5.82 Å². The van der Waals surface area contributed by atoms with Gasteiger partial charge < -0.3 is 9.80 Å². The Bertz CT molecular complexity index is 667. The first-order valence-corrected chi connectivity index (χ1v) is 8.06. The second-order valence-corrected chi connectivity index (χ2v) is 6.35. The summed E-state index contributed by atoms with van der Waals surface area (Å²) in [5, 5.41) is 7.68. The molecule has 0 aromatic carbocycles. The van der Waals surface area contributed by atoms with Crippen molar-refractivity contribution in [3.63, 3.8) is 0 Å². The number of nitrogens with one attached hydrogen (secondary N) is 1. The van der Waals surface area contributed by atoms with E-state index in [0.717, 1.165) is 55.1 Å². The van der Waals surface area contributed by atoms with Gasteiger partial charge in [-0.1, -0.05) is 0 Å². The van der Waals surface area contributed by atoms with Crippen LogP contribution >= 0.6 is 0 Å². The maximum Gasteiger partial charge on any atom is 0.150 e. The molecule has 22 heavy (non-hydrogen) atoms. The van der Waals surface area contributed by atoms with Gasteiger partial charge in [0.05, 0.1) is 11.4 Å². The minimum Gasteiger partial charge on any atom is -0.352 e. The molecule has 0 radical (unpaired) electrons. The summed E-state index contributed by atoms with van der Waals surface area (Å²) in [5.41, 5.74) is 3.29. The molecule has 2 aromatic rings. The second kappa shape index (κ2) is 5.26. The van der Waals surface area contributed by atoms with Crippen molar-refractivity contribution < 1.29 is 0 Å². The topological polar surface area (TPSA) is 60.9 Å². The average molecular weight is 298 g/mol. The second-order valence-electron chi connectivity index (χ2n) is 6.35. The van der Waals surface area contributed by atoms with Crippen LogP contribution in [0.4, 0.5) is 11.6 Å². The van der Waals surface area contributed by atoms with Crippen LogP contribution in [0, 0.1) is 13.8 Å². The molecule has 2 aliphatic rings. The van der Waals surface area contributed by atoms with Gasteiger partial charge in [-0.2, -0.15) is 5.10 Å². The maximum absolute atomic E-state index is 4.65. The molecule has 0 unspecified atom stereocenters. The molecule has 0 atom stereocenters. The standard InChI is InChI=1S/C16H22N6/c1-11-10-17-12(2)16(18-11)22-7-5-21(6-8-22)15-9-14(19-20-15)13-3-4-13/h9-10,13H,3-8H2,1-2H3,(H,19,20). The fourth-order valence-corrected chi connectivity index (χ4v) is 3.06. The zero-order valence-electron chi connectivity index (χ0n) is 13.2. The van der Waals surface area contributed by atoms with Crippen LogP contribution in [0.25, 0.3) is 0 Å². The number of H-pyrrole nitrogens is 1. The molecule has 116 valence electrons.